The molecule has 18 heavy (non-hydrogen) atoms. The van der Waals surface area contributed by atoms with E-state index >= 15 is 0 Å². The van der Waals surface area contributed by atoms with E-state index in [2.05, 4.69) is 21.2 Å². The summed E-state index contributed by atoms with van der Waals surface area (Å²) in [6.07, 6.45) is 0.718. The van der Waals surface area contributed by atoms with Gasteiger partial charge in [0, 0.05) is 9.89 Å². The molecule has 0 bridgehead atoms. The number of carbonyl (C=O) groups is 1. The predicted octanol–water partition coefficient (Wildman–Crippen LogP) is 2.40. The van der Waals surface area contributed by atoms with Crippen molar-refractivity contribution in [3.8, 4) is 0 Å². The lowest BCUT2D eigenvalue weighted by molar-refractivity contribution is -0.120. The van der Waals surface area contributed by atoms with Crippen molar-refractivity contribution >= 4 is 33.4 Å². The van der Waals surface area contributed by atoms with Crippen molar-refractivity contribution in [3.05, 3.63) is 34.3 Å². The molecule has 5 heteroatoms. The van der Waals surface area contributed by atoms with Gasteiger partial charge in [-0.2, -0.15) is 0 Å². The van der Waals surface area contributed by atoms with Gasteiger partial charge in [-0.25, -0.2) is 0 Å². The first-order chi connectivity index (χ1) is 8.47. The molecule has 1 aromatic carbocycles. The minimum absolute atomic E-state index is 0.0298. The monoisotopic (exact) mass is 331 g/mol. The Morgan fingerprint density at radius 1 is 1.61 bits per heavy atom. The van der Waals surface area contributed by atoms with Crippen LogP contribution in [0.2, 0.25) is 0 Å². The quantitative estimate of drug-likeness (QED) is 0.832. The number of benzene rings is 1. The number of aliphatic hydroxyl groups is 1. The van der Waals surface area contributed by atoms with Crippen LogP contribution in [0.5, 0.6) is 0 Å². The summed E-state index contributed by atoms with van der Waals surface area (Å²) in [5.74, 6) is -0.286. The number of carbonyl (C=O) groups excluding carboxylic acids is 1. The molecule has 0 aromatic heterocycles. The summed E-state index contributed by atoms with van der Waals surface area (Å²) in [4.78, 5) is 11.6. The molecule has 0 unspecified atom stereocenters. The van der Waals surface area contributed by atoms with Gasteiger partial charge in [0.05, 0.1) is 12.1 Å². The van der Waals surface area contributed by atoms with Gasteiger partial charge in [-0.15, -0.1) is 11.6 Å². The summed E-state index contributed by atoms with van der Waals surface area (Å²) in [6.45, 7) is 1.99. The second-order valence-corrected chi connectivity index (χ2v) is 6.18. The average Bonchev–Trinajstić information content (AvgIpc) is 2.96. The highest BCUT2D eigenvalue weighted by Gasteiger charge is 2.65. The number of hydrogen-bond donors (Lipinski definition) is 2. The molecule has 1 aliphatic carbocycles. The highest BCUT2D eigenvalue weighted by Crippen LogP contribution is 2.62. The second kappa shape index (κ2) is 4.83. The maximum atomic E-state index is 11.6. The zero-order valence-electron chi connectivity index (χ0n) is 10.0. The molecule has 1 saturated carbocycles. The molecule has 0 heterocycles. The molecule has 0 spiro atoms. The minimum atomic E-state index is -0.502. The van der Waals surface area contributed by atoms with Crippen LogP contribution in [-0.2, 0) is 10.3 Å². The van der Waals surface area contributed by atoms with Crippen LogP contribution in [0.1, 0.15) is 18.9 Å². The fourth-order valence-corrected chi connectivity index (χ4v) is 2.94. The van der Waals surface area contributed by atoms with Gasteiger partial charge in [0.2, 0.25) is 5.91 Å². The zero-order chi connectivity index (χ0) is 13.4. The molecule has 2 atom stereocenters. The summed E-state index contributed by atoms with van der Waals surface area (Å²) < 4.78 is 0.951. The topological polar surface area (TPSA) is 49.3 Å². The van der Waals surface area contributed by atoms with Crippen LogP contribution in [0, 0.1) is 5.41 Å². The fourth-order valence-electron chi connectivity index (χ4n) is 2.48. The van der Waals surface area contributed by atoms with Crippen LogP contribution in [0.4, 0.5) is 0 Å². The smallest absolute Gasteiger partial charge is 0.235 e. The van der Waals surface area contributed by atoms with Gasteiger partial charge in [-0.3, -0.25) is 4.79 Å². The number of rotatable bonds is 4. The van der Waals surface area contributed by atoms with Crippen LogP contribution < -0.4 is 5.32 Å². The number of amides is 1. The molecule has 1 aromatic rings. The highest BCUT2D eigenvalue weighted by atomic mass is 79.9. The molecule has 1 amide bonds. The van der Waals surface area contributed by atoms with Gasteiger partial charge in [-0.05, 0) is 24.1 Å². The Bertz CT molecular complexity index is 482. The molecule has 1 aliphatic rings. The van der Waals surface area contributed by atoms with Crippen molar-refractivity contribution in [2.45, 2.75) is 18.9 Å². The van der Waals surface area contributed by atoms with Crippen molar-refractivity contribution in [1.29, 1.82) is 0 Å². The molecule has 2 rings (SSSR count). The van der Waals surface area contributed by atoms with Crippen LogP contribution in [0.3, 0.4) is 0 Å². The van der Waals surface area contributed by atoms with E-state index in [4.69, 9.17) is 11.6 Å². The number of aliphatic hydroxyl groups excluding tert-OH is 1. The largest absolute Gasteiger partial charge is 0.396 e. The lowest BCUT2D eigenvalue weighted by Crippen LogP contribution is -2.40. The van der Waals surface area contributed by atoms with Gasteiger partial charge >= 0.3 is 0 Å². The summed E-state index contributed by atoms with van der Waals surface area (Å²) in [5.41, 5.74) is 0.166. The van der Waals surface area contributed by atoms with E-state index < -0.39 is 5.54 Å². The van der Waals surface area contributed by atoms with Gasteiger partial charge < -0.3 is 10.4 Å². The Morgan fingerprint density at radius 3 is 2.83 bits per heavy atom. The molecule has 1 fully saturated rings. The summed E-state index contributed by atoms with van der Waals surface area (Å²) >= 11 is 8.98. The van der Waals surface area contributed by atoms with E-state index in [1.807, 2.05) is 31.2 Å². The maximum absolute atomic E-state index is 11.6. The first-order valence-corrected chi connectivity index (χ1v) is 7.04. The summed E-state index contributed by atoms with van der Waals surface area (Å²) in [7, 11) is 0. The Kier molecular flexibility index (Phi) is 3.72. The molecule has 0 saturated heterocycles. The number of halogens is 2. The lowest BCUT2D eigenvalue weighted by Gasteiger charge is -2.24. The van der Waals surface area contributed by atoms with E-state index in [-0.39, 0.29) is 23.8 Å². The molecule has 0 radical (unpaired) electrons. The van der Waals surface area contributed by atoms with Crippen LogP contribution >= 0.6 is 27.5 Å². The average molecular weight is 333 g/mol. The molecule has 3 nitrogen and oxygen atoms in total. The Morgan fingerprint density at radius 2 is 2.33 bits per heavy atom. The SMILES string of the molecule is C[C@@]1(CO)C[C@@]1(NC(=O)CCl)c1cccc(Br)c1. The van der Waals surface area contributed by atoms with Gasteiger partial charge in [0.25, 0.3) is 0 Å². The van der Waals surface area contributed by atoms with Crippen molar-refractivity contribution in [2.75, 3.05) is 12.5 Å². The van der Waals surface area contributed by atoms with E-state index in [1.54, 1.807) is 0 Å². The Balaban J connectivity index is 2.36. The molecular weight excluding hydrogens is 318 g/mol. The fraction of sp³-hybridized carbons (Fsp3) is 0.462. The molecular formula is C13H15BrClNO2. The van der Waals surface area contributed by atoms with E-state index in [0.717, 1.165) is 16.5 Å². The second-order valence-electron chi connectivity index (χ2n) is 4.99. The van der Waals surface area contributed by atoms with E-state index in [9.17, 15) is 9.90 Å². The first kappa shape index (κ1) is 13.8. The van der Waals surface area contributed by atoms with Crippen LogP contribution in [0.15, 0.2) is 28.7 Å². The van der Waals surface area contributed by atoms with Crippen molar-refractivity contribution in [2.24, 2.45) is 5.41 Å². The van der Waals surface area contributed by atoms with Gasteiger partial charge in [-0.1, -0.05) is 35.0 Å². The Hall–Kier alpha value is -0.580. The molecule has 0 aliphatic heterocycles. The summed E-state index contributed by atoms with van der Waals surface area (Å²) in [6, 6.07) is 7.78. The third kappa shape index (κ3) is 2.17. The molecule has 2 N–H and O–H groups in total. The predicted molar refractivity (Wildman–Crippen MR) is 74.5 cm³/mol. The normalized spacial score (nSPS) is 30.0. The maximum Gasteiger partial charge on any atom is 0.235 e. The van der Waals surface area contributed by atoms with Crippen LogP contribution in [0.25, 0.3) is 0 Å². The lowest BCUT2D eigenvalue weighted by atomic mass is 9.95. The third-order valence-corrected chi connectivity index (χ3v) is 4.44. The summed E-state index contributed by atoms with van der Waals surface area (Å²) in [5, 5.41) is 12.5. The Labute approximate surface area is 120 Å². The number of alkyl halides is 1. The molecule has 98 valence electrons. The van der Waals surface area contributed by atoms with Gasteiger partial charge in [0.15, 0.2) is 0 Å². The first-order valence-electron chi connectivity index (χ1n) is 5.71. The highest BCUT2D eigenvalue weighted by molar-refractivity contribution is 9.10. The van der Waals surface area contributed by atoms with E-state index in [1.165, 1.54) is 0 Å². The minimum Gasteiger partial charge on any atom is -0.396 e. The zero-order valence-corrected chi connectivity index (χ0v) is 12.4. The van der Waals surface area contributed by atoms with E-state index in [0.29, 0.717) is 0 Å². The van der Waals surface area contributed by atoms with Crippen LogP contribution in [-0.4, -0.2) is 23.5 Å². The third-order valence-electron chi connectivity index (χ3n) is 3.70. The van der Waals surface area contributed by atoms with Crippen molar-refractivity contribution < 1.29 is 9.90 Å². The van der Waals surface area contributed by atoms with Crippen molar-refractivity contribution in [1.82, 2.24) is 5.32 Å². The van der Waals surface area contributed by atoms with Gasteiger partial charge in [0.1, 0.15) is 5.88 Å². The number of hydrogen-bond acceptors (Lipinski definition) is 2. The van der Waals surface area contributed by atoms with Crippen molar-refractivity contribution in [3.63, 3.8) is 0 Å². The standard InChI is InChI=1S/C13H15BrClNO2/c1-12(8-17)7-13(12,16-11(18)6-15)9-3-2-4-10(14)5-9/h2-5,17H,6-8H2,1H3,(H,16,18)/t12-,13+/m0/s1. The number of nitrogens with one attached hydrogen (secondary N) is 1.